The molecule has 0 spiro atoms. The summed E-state index contributed by atoms with van der Waals surface area (Å²) >= 11 is 0. The molecule has 0 saturated heterocycles. The van der Waals surface area contributed by atoms with Gasteiger partial charge in [-0.25, -0.2) is 21.9 Å². The number of methoxy groups -OCH3 is 1. The molecule has 7 heteroatoms. The van der Waals surface area contributed by atoms with Gasteiger partial charge in [0.2, 0.25) is 10.0 Å². The van der Waals surface area contributed by atoms with Gasteiger partial charge in [0.05, 0.1) is 7.11 Å². The lowest BCUT2D eigenvalue weighted by atomic mass is 10.1. The van der Waals surface area contributed by atoms with Crippen molar-refractivity contribution < 1.29 is 21.9 Å². The number of benzene rings is 2. The molecule has 0 amide bonds. The maximum Gasteiger partial charge on any atom is 0.243 e. The summed E-state index contributed by atoms with van der Waals surface area (Å²) in [7, 11) is -2.56. The number of halogens is 2. The van der Waals surface area contributed by atoms with Gasteiger partial charge in [-0.2, -0.15) is 0 Å². The van der Waals surface area contributed by atoms with Crippen molar-refractivity contribution in [2.75, 3.05) is 13.7 Å². The van der Waals surface area contributed by atoms with E-state index in [0.29, 0.717) is 18.2 Å². The Morgan fingerprint density at radius 1 is 1.14 bits per heavy atom. The van der Waals surface area contributed by atoms with Crippen LogP contribution in [0.1, 0.15) is 5.56 Å². The van der Waals surface area contributed by atoms with Crippen molar-refractivity contribution in [3.8, 4) is 5.75 Å². The smallest absolute Gasteiger partial charge is 0.243 e. The normalized spacial score (nSPS) is 11.4. The summed E-state index contributed by atoms with van der Waals surface area (Å²) in [6.07, 6.45) is 0.396. The zero-order chi connectivity index (χ0) is 16.2. The van der Waals surface area contributed by atoms with E-state index in [-0.39, 0.29) is 6.54 Å². The summed E-state index contributed by atoms with van der Waals surface area (Å²) in [5.41, 5.74) is 0.863. The first-order valence-electron chi connectivity index (χ1n) is 6.50. The van der Waals surface area contributed by atoms with Gasteiger partial charge in [0.15, 0.2) is 0 Å². The topological polar surface area (TPSA) is 55.4 Å². The Morgan fingerprint density at radius 3 is 2.64 bits per heavy atom. The van der Waals surface area contributed by atoms with Crippen molar-refractivity contribution in [3.63, 3.8) is 0 Å². The lowest BCUT2D eigenvalue weighted by Gasteiger charge is -2.08. The predicted octanol–water partition coefficient (Wildman–Crippen LogP) is 2.49. The Hall–Kier alpha value is -1.99. The minimum atomic E-state index is -4.10. The fourth-order valence-electron chi connectivity index (χ4n) is 1.92. The van der Waals surface area contributed by atoms with E-state index in [9.17, 15) is 17.2 Å². The Bertz CT molecular complexity index is 763. The molecule has 22 heavy (non-hydrogen) atoms. The van der Waals surface area contributed by atoms with Crippen LogP contribution >= 0.6 is 0 Å². The van der Waals surface area contributed by atoms with Crippen LogP contribution in [0.2, 0.25) is 0 Å². The Labute approximate surface area is 127 Å². The van der Waals surface area contributed by atoms with Crippen LogP contribution in [0.3, 0.4) is 0 Å². The maximum absolute atomic E-state index is 13.5. The summed E-state index contributed by atoms with van der Waals surface area (Å²) in [4.78, 5) is -0.696. The first-order valence-corrected chi connectivity index (χ1v) is 7.98. The van der Waals surface area contributed by atoms with Crippen LogP contribution in [0.25, 0.3) is 0 Å². The van der Waals surface area contributed by atoms with E-state index in [0.717, 1.165) is 17.7 Å². The quantitative estimate of drug-likeness (QED) is 0.887. The van der Waals surface area contributed by atoms with Gasteiger partial charge in [-0.1, -0.05) is 12.1 Å². The Balaban J connectivity index is 2.05. The molecule has 2 rings (SSSR count). The average molecular weight is 327 g/mol. The highest BCUT2D eigenvalue weighted by Crippen LogP contribution is 2.16. The first-order chi connectivity index (χ1) is 10.4. The largest absolute Gasteiger partial charge is 0.497 e. The molecule has 1 N–H and O–H groups in total. The molecule has 4 nitrogen and oxygen atoms in total. The maximum atomic E-state index is 13.5. The molecule has 0 unspecified atom stereocenters. The number of nitrogens with one attached hydrogen (secondary N) is 1. The number of rotatable bonds is 6. The third-order valence-electron chi connectivity index (χ3n) is 3.02. The van der Waals surface area contributed by atoms with Crippen molar-refractivity contribution in [1.82, 2.24) is 4.72 Å². The molecule has 0 fully saturated rings. The van der Waals surface area contributed by atoms with E-state index in [4.69, 9.17) is 4.74 Å². The van der Waals surface area contributed by atoms with Gasteiger partial charge in [0.1, 0.15) is 22.3 Å². The fraction of sp³-hybridized carbons (Fsp3) is 0.200. The molecule has 0 aliphatic heterocycles. The fourth-order valence-corrected chi connectivity index (χ4v) is 3.04. The van der Waals surface area contributed by atoms with E-state index >= 15 is 0 Å². The summed E-state index contributed by atoms with van der Waals surface area (Å²) in [5, 5.41) is 0. The standard InChI is InChI=1S/C15H15F2NO3S/c1-21-13-4-2-3-11(9-13)7-8-18-22(19,20)15-10-12(16)5-6-14(15)17/h2-6,9-10,18H,7-8H2,1H3. The summed E-state index contributed by atoms with van der Waals surface area (Å²) in [5.74, 6) is -1.14. The molecule has 2 aromatic carbocycles. The second-order valence-electron chi connectivity index (χ2n) is 4.57. The molecule has 2 aromatic rings. The van der Waals surface area contributed by atoms with Crippen molar-refractivity contribution in [2.45, 2.75) is 11.3 Å². The van der Waals surface area contributed by atoms with Crippen LogP contribution in [0.5, 0.6) is 5.75 Å². The van der Waals surface area contributed by atoms with Gasteiger partial charge < -0.3 is 4.74 Å². The minimum Gasteiger partial charge on any atom is -0.497 e. The highest BCUT2D eigenvalue weighted by molar-refractivity contribution is 7.89. The second-order valence-corrected chi connectivity index (χ2v) is 6.31. The van der Waals surface area contributed by atoms with Crippen LogP contribution < -0.4 is 9.46 Å². The lowest BCUT2D eigenvalue weighted by Crippen LogP contribution is -2.27. The van der Waals surface area contributed by atoms with E-state index in [2.05, 4.69) is 4.72 Å². The van der Waals surface area contributed by atoms with Gasteiger partial charge in [-0.15, -0.1) is 0 Å². The van der Waals surface area contributed by atoms with E-state index in [1.54, 1.807) is 18.2 Å². The van der Waals surface area contributed by atoms with Crippen LogP contribution in [-0.4, -0.2) is 22.1 Å². The molecule has 0 aromatic heterocycles. The third kappa shape index (κ3) is 4.02. The molecule has 0 radical (unpaired) electrons. The summed E-state index contributed by atoms with van der Waals surface area (Å²) < 4.78 is 57.9. The van der Waals surface area contributed by atoms with Crippen molar-refractivity contribution in [2.24, 2.45) is 0 Å². The molecular weight excluding hydrogens is 312 g/mol. The van der Waals surface area contributed by atoms with Crippen molar-refractivity contribution >= 4 is 10.0 Å². The predicted molar refractivity (Wildman–Crippen MR) is 78.2 cm³/mol. The monoisotopic (exact) mass is 327 g/mol. The molecule has 0 aliphatic rings. The highest BCUT2D eigenvalue weighted by Gasteiger charge is 2.19. The number of hydrogen-bond acceptors (Lipinski definition) is 3. The van der Waals surface area contributed by atoms with Gasteiger partial charge in [-0.05, 0) is 42.3 Å². The highest BCUT2D eigenvalue weighted by atomic mass is 32.2. The molecule has 0 bridgehead atoms. The molecule has 0 heterocycles. The average Bonchev–Trinajstić information content (AvgIpc) is 2.49. The SMILES string of the molecule is COc1cccc(CCNS(=O)(=O)c2cc(F)ccc2F)c1. The number of ether oxygens (including phenoxy) is 1. The second kappa shape index (κ2) is 6.85. The first kappa shape index (κ1) is 16.4. The van der Waals surface area contributed by atoms with Crippen LogP contribution in [0, 0.1) is 11.6 Å². The molecule has 0 saturated carbocycles. The number of hydrogen-bond donors (Lipinski definition) is 1. The van der Waals surface area contributed by atoms with Crippen LogP contribution in [0.15, 0.2) is 47.4 Å². The minimum absolute atomic E-state index is 0.0610. The van der Waals surface area contributed by atoms with Crippen LogP contribution in [0.4, 0.5) is 8.78 Å². The lowest BCUT2D eigenvalue weighted by molar-refractivity contribution is 0.414. The zero-order valence-corrected chi connectivity index (χ0v) is 12.7. The Morgan fingerprint density at radius 2 is 1.91 bits per heavy atom. The van der Waals surface area contributed by atoms with E-state index in [1.165, 1.54) is 7.11 Å². The van der Waals surface area contributed by atoms with Gasteiger partial charge in [0.25, 0.3) is 0 Å². The van der Waals surface area contributed by atoms with Gasteiger partial charge >= 0.3 is 0 Å². The Kier molecular flexibility index (Phi) is 5.10. The van der Waals surface area contributed by atoms with Crippen molar-refractivity contribution in [1.29, 1.82) is 0 Å². The third-order valence-corrected chi connectivity index (χ3v) is 4.50. The molecule has 0 aliphatic carbocycles. The van der Waals surface area contributed by atoms with Gasteiger partial charge in [0, 0.05) is 6.54 Å². The molecular formula is C15H15F2NO3S. The van der Waals surface area contributed by atoms with Crippen molar-refractivity contribution in [3.05, 3.63) is 59.7 Å². The van der Waals surface area contributed by atoms with Crippen LogP contribution in [-0.2, 0) is 16.4 Å². The number of sulfonamides is 1. The van der Waals surface area contributed by atoms with E-state index < -0.39 is 26.6 Å². The summed E-state index contributed by atoms with van der Waals surface area (Å²) in [6.45, 7) is 0.0610. The van der Waals surface area contributed by atoms with Gasteiger partial charge in [-0.3, -0.25) is 0 Å². The zero-order valence-electron chi connectivity index (χ0n) is 11.8. The van der Waals surface area contributed by atoms with E-state index in [1.807, 2.05) is 6.07 Å². The molecule has 118 valence electrons. The summed E-state index contributed by atoms with van der Waals surface area (Å²) in [6, 6.07) is 9.46. The molecule has 0 atom stereocenters.